The molecule has 1 aliphatic carbocycles. The second kappa shape index (κ2) is 7.18. The number of aryl methyl sites for hydroxylation is 1. The SMILES string of the molecule is Cc1cccc(=O)n1CCC(=O)N1CC[C@]2(CCCN(CC3CC3)C2)C1. The van der Waals surface area contributed by atoms with E-state index in [9.17, 15) is 9.59 Å². The summed E-state index contributed by atoms with van der Waals surface area (Å²) < 4.78 is 1.71. The minimum Gasteiger partial charge on any atom is -0.342 e. The fourth-order valence-corrected chi connectivity index (χ4v) is 4.89. The van der Waals surface area contributed by atoms with Gasteiger partial charge in [-0.15, -0.1) is 0 Å². The Balaban J connectivity index is 1.32. The smallest absolute Gasteiger partial charge is 0.250 e. The van der Waals surface area contributed by atoms with E-state index in [1.165, 1.54) is 45.3 Å². The third-order valence-corrected chi connectivity index (χ3v) is 6.56. The summed E-state index contributed by atoms with van der Waals surface area (Å²) in [4.78, 5) is 29.4. The van der Waals surface area contributed by atoms with Crippen molar-refractivity contribution in [2.24, 2.45) is 11.3 Å². The summed E-state index contributed by atoms with van der Waals surface area (Å²) in [6.07, 6.45) is 6.91. The number of rotatable bonds is 5. The summed E-state index contributed by atoms with van der Waals surface area (Å²) in [6.45, 7) is 7.89. The minimum atomic E-state index is -0.0151. The Hall–Kier alpha value is -1.62. The first-order valence-corrected chi connectivity index (χ1v) is 10.2. The number of likely N-dealkylation sites (tertiary alicyclic amines) is 2. The molecule has 0 aromatic carbocycles. The van der Waals surface area contributed by atoms with Crippen molar-refractivity contribution in [2.75, 3.05) is 32.7 Å². The van der Waals surface area contributed by atoms with Gasteiger partial charge in [0.05, 0.1) is 0 Å². The summed E-state index contributed by atoms with van der Waals surface area (Å²) in [7, 11) is 0. The lowest BCUT2D eigenvalue weighted by atomic mass is 9.79. The quantitative estimate of drug-likeness (QED) is 0.812. The van der Waals surface area contributed by atoms with Gasteiger partial charge in [0, 0.05) is 56.3 Å². The van der Waals surface area contributed by atoms with Crippen molar-refractivity contribution in [2.45, 2.75) is 52.0 Å². The van der Waals surface area contributed by atoms with E-state index >= 15 is 0 Å². The molecule has 2 saturated heterocycles. The molecule has 4 rings (SSSR count). The van der Waals surface area contributed by atoms with E-state index in [4.69, 9.17) is 0 Å². The highest BCUT2D eigenvalue weighted by molar-refractivity contribution is 5.76. The highest BCUT2D eigenvalue weighted by Gasteiger charge is 2.43. The molecule has 142 valence electrons. The van der Waals surface area contributed by atoms with Gasteiger partial charge < -0.3 is 14.4 Å². The van der Waals surface area contributed by atoms with E-state index in [1.807, 2.05) is 13.0 Å². The Morgan fingerprint density at radius 2 is 2.04 bits per heavy atom. The van der Waals surface area contributed by atoms with Crippen LogP contribution in [0.4, 0.5) is 0 Å². The molecule has 1 atom stereocenters. The summed E-state index contributed by atoms with van der Waals surface area (Å²) in [6, 6.07) is 5.27. The monoisotopic (exact) mass is 357 g/mol. The van der Waals surface area contributed by atoms with Gasteiger partial charge in [0.15, 0.2) is 0 Å². The van der Waals surface area contributed by atoms with Gasteiger partial charge in [0.2, 0.25) is 5.91 Å². The van der Waals surface area contributed by atoms with Crippen LogP contribution in [0.25, 0.3) is 0 Å². The molecule has 1 saturated carbocycles. The Morgan fingerprint density at radius 3 is 2.81 bits per heavy atom. The molecule has 1 aromatic heterocycles. The van der Waals surface area contributed by atoms with Gasteiger partial charge >= 0.3 is 0 Å². The van der Waals surface area contributed by atoms with E-state index in [-0.39, 0.29) is 11.5 Å². The topological polar surface area (TPSA) is 45.6 Å². The van der Waals surface area contributed by atoms with Crippen molar-refractivity contribution in [3.8, 4) is 0 Å². The van der Waals surface area contributed by atoms with Crippen LogP contribution in [0.3, 0.4) is 0 Å². The van der Waals surface area contributed by atoms with Crippen molar-refractivity contribution in [3.63, 3.8) is 0 Å². The second-order valence-electron chi connectivity index (χ2n) is 8.75. The molecule has 3 aliphatic rings. The largest absolute Gasteiger partial charge is 0.342 e. The van der Waals surface area contributed by atoms with Gasteiger partial charge in [0.1, 0.15) is 0 Å². The van der Waals surface area contributed by atoms with Crippen molar-refractivity contribution in [1.29, 1.82) is 0 Å². The van der Waals surface area contributed by atoms with Crippen LogP contribution in [0.5, 0.6) is 0 Å². The lowest BCUT2D eigenvalue weighted by molar-refractivity contribution is -0.131. The van der Waals surface area contributed by atoms with Crippen molar-refractivity contribution in [1.82, 2.24) is 14.4 Å². The lowest BCUT2D eigenvalue weighted by Gasteiger charge is -2.40. The second-order valence-corrected chi connectivity index (χ2v) is 8.75. The highest BCUT2D eigenvalue weighted by atomic mass is 16.2. The fourth-order valence-electron chi connectivity index (χ4n) is 4.89. The van der Waals surface area contributed by atoms with Gasteiger partial charge in [-0.3, -0.25) is 9.59 Å². The average Bonchev–Trinajstić information content (AvgIpc) is 3.33. The van der Waals surface area contributed by atoms with Crippen LogP contribution in [-0.4, -0.2) is 53.0 Å². The third-order valence-electron chi connectivity index (χ3n) is 6.56. The molecule has 5 heteroatoms. The molecule has 0 radical (unpaired) electrons. The summed E-state index contributed by atoms with van der Waals surface area (Å²) >= 11 is 0. The molecule has 26 heavy (non-hydrogen) atoms. The maximum atomic E-state index is 12.7. The zero-order valence-electron chi connectivity index (χ0n) is 16.0. The first kappa shape index (κ1) is 17.8. The van der Waals surface area contributed by atoms with Crippen molar-refractivity contribution >= 4 is 5.91 Å². The molecule has 0 N–H and O–H groups in total. The normalized spacial score (nSPS) is 26.6. The number of aromatic nitrogens is 1. The van der Waals surface area contributed by atoms with Crippen molar-refractivity contribution < 1.29 is 4.79 Å². The maximum absolute atomic E-state index is 12.7. The highest BCUT2D eigenvalue weighted by Crippen LogP contribution is 2.40. The zero-order chi connectivity index (χ0) is 18.1. The first-order chi connectivity index (χ1) is 12.5. The minimum absolute atomic E-state index is 0.0151. The molecular weight excluding hydrogens is 326 g/mol. The van der Waals surface area contributed by atoms with Crippen LogP contribution in [0.2, 0.25) is 0 Å². The molecule has 1 amide bonds. The zero-order valence-corrected chi connectivity index (χ0v) is 16.0. The number of amides is 1. The standard InChI is InChI=1S/C21H31N3O2/c1-17-4-2-5-20(26)24(17)12-8-19(25)23-13-10-21(16-23)9-3-11-22(15-21)14-18-6-7-18/h2,4-5,18H,3,6-16H2,1H3/t21-/m0/s1. The van der Waals surface area contributed by atoms with E-state index in [2.05, 4.69) is 9.80 Å². The summed E-state index contributed by atoms with van der Waals surface area (Å²) in [5.41, 5.74) is 1.23. The Bertz CT molecular complexity index is 724. The number of pyridine rings is 1. The van der Waals surface area contributed by atoms with Crippen molar-refractivity contribution in [3.05, 3.63) is 34.2 Å². The number of nitrogens with zero attached hydrogens (tertiary/aromatic N) is 3. The molecule has 0 bridgehead atoms. The van der Waals surface area contributed by atoms with E-state index in [0.717, 1.165) is 31.1 Å². The van der Waals surface area contributed by atoms with Gasteiger partial charge in [0.25, 0.3) is 5.56 Å². The van der Waals surface area contributed by atoms with E-state index < -0.39 is 0 Å². The van der Waals surface area contributed by atoms with Crippen LogP contribution in [0.1, 0.15) is 44.2 Å². The molecule has 3 heterocycles. The van der Waals surface area contributed by atoms with Gasteiger partial charge in [-0.1, -0.05) is 6.07 Å². The molecule has 1 spiro atoms. The lowest BCUT2D eigenvalue weighted by Crippen LogP contribution is -2.46. The Labute approximate surface area is 156 Å². The predicted octanol–water partition coefficient (Wildman–Crippen LogP) is 2.27. The van der Waals surface area contributed by atoms with Gasteiger partial charge in [-0.25, -0.2) is 0 Å². The predicted molar refractivity (Wildman–Crippen MR) is 102 cm³/mol. The number of carbonyl (C=O) groups excluding carboxylic acids is 1. The molecular formula is C21H31N3O2. The molecule has 5 nitrogen and oxygen atoms in total. The number of hydrogen-bond donors (Lipinski definition) is 0. The van der Waals surface area contributed by atoms with Crippen LogP contribution >= 0.6 is 0 Å². The maximum Gasteiger partial charge on any atom is 0.250 e. The van der Waals surface area contributed by atoms with E-state index in [1.54, 1.807) is 16.7 Å². The third kappa shape index (κ3) is 3.88. The van der Waals surface area contributed by atoms with Gasteiger partial charge in [-0.05, 0) is 57.6 Å². The summed E-state index contributed by atoms with van der Waals surface area (Å²) in [5, 5.41) is 0. The molecule has 0 unspecified atom stereocenters. The van der Waals surface area contributed by atoms with E-state index in [0.29, 0.717) is 18.4 Å². The molecule has 1 aromatic rings. The average molecular weight is 357 g/mol. The van der Waals surface area contributed by atoms with Crippen LogP contribution in [0, 0.1) is 18.3 Å². The molecule has 3 fully saturated rings. The number of carbonyl (C=O) groups is 1. The van der Waals surface area contributed by atoms with Gasteiger partial charge in [-0.2, -0.15) is 0 Å². The number of piperidine rings is 1. The van der Waals surface area contributed by atoms with Crippen LogP contribution < -0.4 is 5.56 Å². The molecule has 2 aliphatic heterocycles. The first-order valence-electron chi connectivity index (χ1n) is 10.2. The Kier molecular flexibility index (Phi) is 4.91. The number of hydrogen-bond acceptors (Lipinski definition) is 3. The Morgan fingerprint density at radius 1 is 1.19 bits per heavy atom. The van der Waals surface area contributed by atoms with Crippen LogP contribution in [-0.2, 0) is 11.3 Å². The van der Waals surface area contributed by atoms with Crippen LogP contribution in [0.15, 0.2) is 23.0 Å². The fraction of sp³-hybridized carbons (Fsp3) is 0.714. The summed E-state index contributed by atoms with van der Waals surface area (Å²) in [5.74, 6) is 1.15.